The van der Waals surface area contributed by atoms with Crippen LogP contribution in [0, 0.1) is 0 Å². The molecule has 3 rings (SSSR count). The molecule has 0 saturated heterocycles. The molecule has 0 spiro atoms. The monoisotopic (exact) mass is 389 g/mol. The van der Waals surface area contributed by atoms with Gasteiger partial charge in [0.1, 0.15) is 10.6 Å². The first-order valence-corrected chi connectivity index (χ1v) is 9.08. The van der Waals surface area contributed by atoms with Crippen LogP contribution in [0.3, 0.4) is 0 Å². The minimum absolute atomic E-state index is 0.297. The van der Waals surface area contributed by atoms with Gasteiger partial charge in [0.25, 0.3) is 5.91 Å². The molecule has 2 heterocycles. The van der Waals surface area contributed by atoms with E-state index >= 15 is 0 Å². The summed E-state index contributed by atoms with van der Waals surface area (Å²) in [7, 11) is 0. The number of carbonyl (C=O) groups excluding carboxylic acids is 2. The summed E-state index contributed by atoms with van der Waals surface area (Å²) < 4.78 is 10.3. The van der Waals surface area contributed by atoms with Crippen molar-refractivity contribution in [3.8, 4) is 10.4 Å². The molecular weight excluding hydrogens is 374 g/mol. The summed E-state index contributed by atoms with van der Waals surface area (Å²) in [6.07, 6.45) is 1.53. The van der Waals surface area contributed by atoms with E-state index in [-0.39, 0.29) is 12.6 Å². The second-order valence-electron chi connectivity index (χ2n) is 5.55. The number of benzene rings is 1. The maximum absolute atomic E-state index is 12.1. The maximum Gasteiger partial charge on any atom is 0.348 e. The summed E-state index contributed by atoms with van der Waals surface area (Å²) in [5.41, 5.74) is 0.962. The molecule has 26 heavy (non-hydrogen) atoms. The van der Waals surface area contributed by atoms with Crippen LogP contribution in [0.15, 0.2) is 59.2 Å². The van der Waals surface area contributed by atoms with Crippen LogP contribution in [-0.2, 0) is 9.53 Å². The van der Waals surface area contributed by atoms with Gasteiger partial charge in [-0.05, 0) is 48.9 Å². The highest BCUT2D eigenvalue weighted by Crippen LogP contribution is 2.29. The smallest absolute Gasteiger partial charge is 0.348 e. The summed E-state index contributed by atoms with van der Waals surface area (Å²) >= 11 is 7.18. The third kappa shape index (κ3) is 4.53. The fourth-order valence-electron chi connectivity index (χ4n) is 2.31. The van der Waals surface area contributed by atoms with E-state index in [2.05, 4.69) is 5.32 Å². The molecule has 1 N–H and O–H groups in total. The van der Waals surface area contributed by atoms with Crippen molar-refractivity contribution >= 4 is 34.8 Å². The van der Waals surface area contributed by atoms with E-state index in [4.69, 9.17) is 20.8 Å². The van der Waals surface area contributed by atoms with Crippen LogP contribution in [0.2, 0.25) is 5.02 Å². The molecular formula is C19H16ClNO4S. The lowest BCUT2D eigenvalue weighted by Crippen LogP contribution is -2.30. The van der Waals surface area contributed by atoms with E-state index in [0.717, 1.165) is 10.4 Å². The third-order valence-corrected chi connectivity index (χ3v) is 4.98. The number of thiophene rings is 1. The first-order valence-electron chi connectivity index (χ1n) is 7.88. The minimum Gasteiger partial charge on any atom is -0.467 e. The Hall–Kier alpha value is -2.57. The van der Waals surface area contributed by atoms with Crippen LogP contribution in [0.5, 0.6) is 0 Å². The van der Waals surface area contributed by atoms with Crippen LogP contribution >= 0.6 is 22.9 Å². The van der Waals surface area contributed by atoms with Crippen LogP contribution in [0.4, 0.5) is 0 Å². The highest BCUT2D eigenvalue weighted by molar-refractivity contribution is 7.17. The number of hydrogen-bond acceptors (Lipinski definition) is 5. The Morgan fingerprint density at radius 1 is 1.19 bits per heavy atom. The van der Waals surface area contributed by atoms with Crippen molar-refractivity contribution in [1.82, 2.24) is 5.32 Å². The Bertz CT molecular complexity index is 887. The van der Waals surface area contributed by atoms with Crippen molar-refractivity contribution in [3.05, 3.63) is 70.5 Å². The molecule has 0 unspecified atom stereocenters. The van der Waals surface area contributed by atoms with Crippen LogP contribution in [-0.4, -0.2) is 18.5 Å². The number of halogens is 1. The van der Waals surface area contributed by atoms with Crippen molar-refractivity contribution in [2.45, 2.75) is 13.0 Å². The number of hydrogen-bond donors (Lipinski definition) is 1. The summed E-state index contributed by atoms with van der Waals surface area (Å²) in [6.45, 7) is 1.44. The highest BCUT2D eigenvalue weighted by Gasteiger charge is 2.16. The second-order valence-corrected chi connectivity index (χ2v) is 7.07. The number of nitrogens with one attached hydrogen (secondary N) is 1. The highest BCUT2D eigenvalue weighted by atomic mass is 35.5. The van der Waals surface area contributed by atoms with E-state index in [9.17, 15) is 9.59 Å². The Kier molecular flexibility index (Phi) is 5.75. The van der Waals surface area contributed by atoms with E-state index in [1.807, 2.05) is 18.2 Å². The average Bonchev–Trinajstić information content (AvgIpc) is 3.32. The zero-order chi connectivity index (χ0) is 18.5. The fourth-order valence-corrected chi connectivity index (χ4v) is 3.34. The Morgan fingerprint density at radius 2 is 1.96 bits per heavy atom. The summed E-state index contributed by atoms with van der Waals surface area (Å²) in [5.74, 6) is -0.289. The molecule has 0 aliphatic heterocycles. The van der Waals surface area contributed by atoms with Gasteiger partial charge in [-0.3, -0.25) is 4.79 Å². The summed E-state index contributed by atoms with van der Waals surface area (Å²) in [4.78, 5) is 25.4. The third-order valence-electron chi connectivity index (χ3n) is 3.62. The van der Waals surface area contributed by atoms with Crippen LogP contribution in [0.1, 0.15) is 28.4 Å². The van der Waals surface area contributed by atoms with E-state index in [1.54, 1.807) is 37.3 Å². The van der Waals surface area contributed by atoms with E-state index in [0.29, 0.717) is 15.7 Å². The van der Waals surface area contributed by atoms with Gasteiger partial charge in [0, 0.05) is 9.90 Å². The first-order chi connectivity index (χ1) is 12.5. The van der Waals surface area contributed by atoms with Gasteiger partial charge in [-0.15, -0.1) is 11.3 Å². The van der Waals surface area contributed by atoms with Crippen LogP contribution < -0.4 is 5.32 Å². The zero-order valence-electron chi connectivity index (χ0n) is 13.9. The molecule has 0 fully saturated rings. The molecule has 5 nitrogen and oxygen atoms in total. The molecule has 1 amide bonds. The maximum atomic E-state index is 12.1. The zero-order valence-corrected chi connectivity index (χ0v) is 15.5. The molecule has 134 valence electrons. The number of furan rings is 1. The lowest BCUT2D eigenvalue weighted by molar-refractivity contribution is -0.125. The van der Waals surface area contributed by atoms with Crippen molar-refractivity contribution in [2.75, 3.05) is 6.61 Å². The van der Waals surface area contributed by atoms with Gasteiger partial charge in [-0.1, -0.05) is 23.7 Å². The number of amides is 1. The molecule has 0 saturated carbocycles. The SMILES string of the molecule is C[C@@H](NC(=O)COC(=O)c1ccc(-c2ccc(Cl)cc2)s1)c1ccco1. The molecule has 0 bridgehead atoms. The molecule has 1 aromatic carbocycles. The van der Waals surface area contributed by atoms with Crippen LogP contribution in [0.25, 0.3) is 10.4 Å². The predicted molar refractivity (Wildman–Crippen MR) is 100 cm³/mol. The number of rotatable bonds is 6. The molecule has 3 aromatic rings. The largest absolute Gasteiger partial charge is 0.467 e. The van der Waals surface area contributed by atoms with Gasteiger partial charge in [0.15, 0.2) is 6.61 Å². The second kappa shape index (κ2) is 8.21. The van der Waals surface area contributed by atoms with Crippen molar-refractivity contribution in [3.63, 3.8) is 0 Å². The van der Waals surface area contributed by atoms with E-state index in [1.165, 1.54) is 17.6 Å². The van der Waals surface area contributed by atoms with Gasteiger partial charge in [-0.25, -0.2) is 4.79 Å². The van der Waals surface area contributed by atoms with Crippen molar-refractivity contribution in [2.24, 2.45) is 0 Å². The topological polar surface area (TPSA) is 68.5 Å². The first kappa shape index (κ1) is 18.2. The molecule has 7 heteroatoms. The number of esters is 1. The summed E-state index contributed by atoms with van der Waals surface area (Å²) in [6, 6.07) is 14.1. The molecule has 0 aliphatic carbocycles. The fraction of sp³-hybridized carbons (Fsp3) is 0.158. The standard InChI is InChI=1S/C19H16ClNO4S/c1-12(15-3-2-10-24-15)21-18(22)11-25-19(23)17-9-8-16(26-17)13-4-6-14(20)7-5-13/h2-10,12H,11H2,1H3,(H,21,22)/t12-/m1/s1. The molecule has 0 radical (unpaired) electrons. The Balaban J connectivity index is 1.53. The van der Waals surface area contributed by atoms with Crippen molar-refractivity contribution in [1.29, 1.82) is 0 Å². The lowest BCUT2D eigenvalue weighted by atomic mass is 10.2. The average molecular weight is 390 g/mol. The lowest BCUT2D eigenvalue weighted by Gasteiger charge is -2.11. The van der Waals surface area contributed by atoms with E-state index < -0.39 is 11.9 Å². The number of carbonyl (C=O) groups is 2. The molecule has 1 atom stereocenters. The van der Waals surface area contributed by atoms with Gasteiger partial charge < -0.3 is 14.5 Å². The van der Waals surface area contributed by atoms with Gasteiger partial charge in [0.05, 0.1) is 12.3 Å². The van der Waals surface area contributed by atoms with Crippen molar-refractivity contribution < 1.29 is 18.7 Å². The number of ether oxygens (including phenoxy) is 1. The Morgan fingerprint density at radius 3 is 2.65 bits per heavy atom. The van der Waals surface area contributed by atoms with Gasteiger partial charge in [0.2, 0.25) is 0 Å². The molecule has 0 aliphatic rings. The predicted octanol–water partition coefficient (Wildman–Crippen LogP) is 4.70. The normalized spacial score (nSPS) is 11.8. The van der Waals surface area contributed by atoms with Gasteiger partial charge >= 0.3 is 5.97 Å². The van der Waals surface area contributed by atoms with Gasteiger partial charge in [-0.2, -0.15) is 0 Å². The summed E-state index contributed by atoms with van der Waals surface area (Å²) in [5, 5.41) is 3.36. The Labute approximate surface area is 159 Å². The quantitative estimate of drug-likeness (QED) is 0.620. The molecule has 2 aromatic heterocycles. The minimum atomic E-state index is -0.531.